The quantitative estimate of drug-likeness (QED) is 0.755. The van der Waals surface area contributed by atoms with E-state index in [2.05, 4.69) is 22.1 Å². The third-order valence-electron chi connectivity index (χ3n) is 3.14. The Morgan fingerprint density at radius 2 is 2.28 bits per heavy atom. The first-order valence-electron chi connectivity index (χ1n) is 6.62. The molecule has 0 bridgehead atoms. The van der Waals surface area contributed by atoms with Gasteiger partial charge in [0.1, 0.15) is 6.10 Å². The van der Waals surface area contributed by atoms with Gasteiger partial charge in [-0.25, -0.2) is 0 Å². The molecule has 1 fully saturated rings. The molecule has 2 rings (SSSR count). The fraction of sp³-hybridized carbons (Fsp3) is 0.833. The molecule has 2 heterocycles. The minimum absolute atomic E-state index is 0.0507. The van der Waals surface area contributed by atoms with Crippen molar-refractivity contribution in [3.05, 3.63) is 11.7 Å². The van der Waals surface area contributed by atoms with Crippen LogP contribution in [0.5, 0.6) is 0 Å². The van der Waals surface area contributed by atoms with E-state index in [-0.39, 0.29) is 6.10 Å². The molecule has 102 valence electrons. The van der Waals surface area contributed by atoms with E-state index >= 15 is 0 Å². The second-order valence-electron chi connectivity index (χ2n) is 4.77. The van der Waals surface area contributed by atoms with E-state index in [9.17, 15) is 0 Å². The van der Waals surface area contributed by atoms with Crippen LogP contribution in [0.4, 0.5) is 0 Å². The molecule has 0 saturated carbocycles. The predicted octanol–water partition coefficient (Wildman–Crippen LogP) is 0.744. The lowest BCUT2D eigenvalue weighted by Crippen LogP contribution is -2.35. The van der Waals surface area contributed by atoms with Crippen molar-refractivity contribution >= 4 is 0 Å². The lowest BCUT2D eigenvalue weighted by molar-refractivity contribution is -0.0264. The molecule has 1 aliphatic rings. The summed E-state index contributed by atoms with van der Waals surface area (Å²) in [5.41, 5.74) is 5.45. The normalized spacial score (nSPS) is 21.3. The van der Waals surface area contributed by atoms with Crippen molar-refractivity contribution in [1.29, 1.82) is 0 Å². The van der Waals surface area contributed by atoms with Gasteiger partial charge in [-0.3, -0.25) is 0 Å². The maximum atomic E-state index is 5.65. The van der Waals surface area contributed by atoms with Gasteiger partial charge in [-0.1, -0.05) is 11.6 Å². The third kappa shape index (κ3) is 3.76. The summed E-state index contributed by atoms with van der Waals surface area (Å²) >= 11 is 0. The van der Waals surface area contributed by atoms with Crippen molar-refractivity contribution in [2.45, 2.75) is 31.8 Å². The number of nitrogens with zero attached hydrogens (tertiary/aromatic N) is 3. The van der Waals surface area contributed by atoms with Gasteiger partial charge in [-0.2, -0.15) is 4.98 Å². The molecule has 1 aromatic heterocycles. The monoisotopic (exact) mass is 254 g/mol. The summed E-state index contributed by atoms with van der Waals surface area (Å²) in [4.78, 5) is 6.62. The topological polar surface area (TPSA) is 77.4 Å². The minimum atomic E-state index is -0.0507. The molecule has 1 aromatic rings. The summed E-state index contributed by atoms with van der Waals surface area (Å²) in [7, 11) is 2.07. The number of hydrogen-bond donors (Lipinski definition) is 1. The molecule has 1 saturated heterocycles. The second kappa shape index (κ2) is 6.82. The second-order valence-corrected chi connectivity index (χ2v) is 4.77. The van der Waals surface area contributed by atoms with Crippen molar-refractivity contribution in [2.75, 3.05) is 33.3 Å². The number of likely N-dealkylation sites (N-methyl/N-ethyl adjacent to an activating group) is 1. The number of rotatable bonds is 6. The summed E-state index contributed by atoms with van der Waals surface area (Å²) in [5, 5.41) is 4.01. The molecule has 1 unspecified atom stereocenters. The molecule has 6 heteroatoms. The van der Waals surface area contributed by atoms with E-state index in [1.807, 2.05) is 0 Å². The smallest absolute Gasteiger partial charge is 0.226 e. The van der Waals surface area contributed by atoms with Crippen molar-refractivity contribution in [3.8, 4) is 0 Å². The number of unbranched alkanes of at least 4 members (excludes halogenated alkanes) is 2. The van der Waals surface area contributed by atoms with E-state index in [1.165, 1.54) is 0 Å². The standard InChI is InChI=1S/C12H22N4O2/c1-16-7-8-17-10(9-16)12-14-11(18-15-12)5-3-2-4-6-13/h10H,2-9,13H2,1H3. The van der Waals surface area contributed by atoms with Crippen molar-refractivity contribution in [2.24, 2.45) is 5.73 Å². The van der Waals surface area contributed by atoms with Gasteiger partial charge >= 0.3 is 0 Å². The first-order chi connectivity index (χ1) is 8.79. The van der Waals surface area contributed by atoms with Crippen LogP contribution in [0.2, 0.25) is 0 Å². The Morgan fingerprint density at radius 1 is 1.39 bits per heavy atom. The minimum Gasteiger partial charge on any atom is -0.367 e. The van der Waals surface area contributed by atoms with E-state index in [0.717, 1.165) is 51.9 Å². The Bertz CT molecular complexity index is 356. The van der Waals surface area contributed by atoms with Crippen LogP contribution in [0.3, 0.4) is 0 Å². The lowest BCUT2D eigenvalue weighted by Gasteiger charge is -2.27. The lowest BCUT2D eigenvalue weighted by atomic mass is 10.2. The van der Waals surface area contributed by atoms with Gasteiger partial charge in [0.2, 0.25) is 11.7 Å². The van der Waals surface area contributed by atoms with Crippen LogP contribution in [0.15, 0.2) is 4.52 Å². The summed E-state index contributed by atoms with van der Waals surface area (Å²) in [6, 6.07) is 0. The zero-order valence-corrected chi connectivity index (χ0v) is 11.0. The van der Waals surface area contributed by atoms with E-state index < -0.39 is 0 Å². The molecule has 2 N–H and O–H groups in total. The zero-order valence-electron chi connectivity index (χ0n) is 11.0. The van der Waals surface area contributed by atoms with Crippen molar-refractivity contribution in [3.63, 3.8) is 0 Å². The van der Waals surface area contributed by atoms with Gasteiger partial charge < -0.3 is 19.9 Å². The number of morpholine rings is 1. The van der Waals surface area contributed by atoms with Crippen molar-refractivity contribution < 1.29 is 9.26 Å². The molecule has 0 aliphatic carbocycles. The number of aromatic nitrogens is 2. The Kier molecular flexibility index (Phi) is 5.10. The van der Waals surface area contributed by atoms with E-state index in [4.69, 9.17) is 15.0 Å². The summed E-state index contributed by atoms with van der Waals surface area (Å²) < 4.78 is 10.9. The van der Waals surface area contributed by atoms with Gasteiger partial charge in [-0.15, -0.1) is 0 Å². The molecule has 0 radical (unpaired) electrons. The average molecular weight is 254 g/mol. The molecule has 0 aromatic carbocycles. The molecular weight excluding hydrogens is 232 g/mol. The Balaban J connectivity index is 1.81. The Labute approximate surface area is 107 Å². The van der Waals surface area contributed by atoms with Crippen LogP contribution in [-0.4, -0.2) is 48.3 Å². The fourth-order valence-electron chi connectivity index (χ4n) is 2.03. The van der Waals surface area contributed by atoms with Crippen LogP contribution >= 0.6 is 0 Å². The summed E-state index contributed by atoms with van der Waals surface area (Å²) in [5.74, 6) is 1.38. The first-order valence-corrected chi connectivity index (χ1v) is 6.62. The summed E-state index contributed by atoms with van der Waals surface area (Å²) in [6.45, 7) is 3.26. The van der Waals surface area contributed by atoms with Gasteiger partial charge in [0.05, 0.1) is 6.61 Å². The predicted molar refractivity (Wildman–Crippen MR) is 67.1 cm³/mol. The maximum Gasteiger partial charge on any atom is 0.226 e. The number of nitrogens with two attached hydrogens (primary N) is 1. The van der Waals surface area contributed by atoms with Crippen LogP contribution in [0.1, 0.15) is 37.1 Å². The highest BCUT2D eigenvalue weighted by atomic mass is 16.5. The highest BCUT2D eigenvalue weighted by Gasteiger charge is 2.24. The van der Waals surface area contributed by atoms with E-state index in [1.54, 1.807) is 0 Å². The molecule has 0 amide bonds. The molecular formula is C12H22N4O2. The van der Waals surface area contributed by atoms with E-state index in [0.29, 0.717) is 11.7 Å². The summed E-state index contributed by atoms with van der Waals surface area (Å²) in [6.07, 6.45) is 3.99. The maximum absolute atomic E-state index is 5.65. The first kappa shape index (κ1) is 13.5. The fourth-order valence-corrected chi connectivity index (χ4v) is 2.03. The molecule has 1 atom stereocenters. The van der Waals surface area contributed by atoms with Crippen LogP contribution in [0.25, 0.3) is 0 Å². The molecule has 6 nitrogen and oxygen atoms in total. The van der Waals surface area contributed by atoms with Crippen LogP contribution < -0.4 is 5.73 Å². The number of hydrogen-bond acceptors (Lipinski definition) is 6. The number of aryl methyl sites for hydroxylation is 1. The van der Waals surface area contributed by atoms with Gasteiger partial charge in [0.25, 0.3) is 0 Å². The molecule has 0 spiro atoms. The largest absolute Gasteiger partial charge is 0.367 e. The Morgan fingerprint density at radius 3 is 3.06 bits per heavy atom. The van der Waals surface area contributed by atoms with Crippen LogP contribution in [-0.2, 0) is 11.2 Å². The zero-order chi connectivity index (χ0) is 12.8. The third-order valence-corrected chi connectivity index (χ3v) is 3.14. The Hall–Kier alpha value is -0.980. The van der Waals surface area contributed by atoms with Gasteiger partial charge in [-0.05, 0) is 26.4 Å². The SMILES string of the molecule is CN1CCOC(c2noc(CCCCCN)n2)C1. The highest BCUT2D eigenvalue weighted by molar-refractivity contribution is 4.93. The molecule has 1 aliphatic heterocycles. The van der Waals surface area contributed by atoms with Gasteiger partial charge in [0.15, 0.2) is 0 Å². The molecule has 18 heavy (non-hydrogen) atoms. The highest BCUT2D eigenvalue weighted by Crippen LogP contribution is 2.19. The van der Waals surface area contributed by atoms with Crippen LogP contribution in [0, 0.1) is 0 Å². The average Bonchev–Trinajstić information content (AvgIpc) is 2.83. The van der Waals surface area contributed by atoms with Gasteiger partial charge in [0, 0.05) is 19.5 Å². The number of ether oxygens (including phenoxy) is 1. The van der Waals surface area contributed by atoms with Crippen molar-refractivity contribution in [1.82, 2.24) is 15.0 Å².